The Morgan fingerprint density at radius 2 is 2.11 bits per heavy atom. The number of aromatic nitrogens is 2. The maximum Gasteiger partial charge on any atom is 0.0912 e. The normalized spacial score (nSPS) is 12.5. The van der Waals surface area contributed by atoms with Gasteiger partial charge in [-0.1, -0.05) is 37.3 Å². The molecule has 1 aromatic carbocycles. The van der Waals surface area contributed by atoms with Crippen LogP contribution in [0.2, 0.25) is 0 Å². The molecule has 2 rings (SSSR count). The Bertz CT molecular complexity index is 442. The van der Waals surface area contributed by atoms with Crippen LogP contribution in [0.15, 0.2) is 36.5 Å². The second kappa shape index (κ2) is 8.02. The molecule has 1 heterocycles. The first-order valence-electron chi connectivity index (χ1n) is 6.95. The Balaban J connectivity index is 1.83. The van der Waals surface area contributed by atoms with Gasteiger partial charge in [0.2, 0.25) is 0 Å². The zero-order valence-electron chi connectivity index (χ0n) is 11.4. The van der Waals surface area contributed by atoms with Gasteiger partial charge in [0, 0.05) is 0 Å². The van der Waals surface area contributed by atoms with Gasteiger partial charge in [-0.15, -0.1) is 0 Å². The molecule has 0 aliphatic heterocycles. The first-order valence-corrected chi connectivity index (χ1v) is 7.68. The molecular formula is C15H21N3S. The predicted octanol–water partition coefficient (Wildman–Crippen LogP) is 3.60. The van der Waals surface area contributed by atoms with Crippen molar-refractivity contribution in [2.45, 2.75) is 38.6 Å². The van der Waals surface area contributed by atoms with Crippen LogP contribution in [-0.4, -0.2) is 15.3 Å². The lowest BCUT2D eigenvalue weighted by Crippen LogP contribution is -2.22. The van der Waals surface area contributed by atoms with Gasteiger partial charge < -0.3 is 5.32 Å². The zero-order valence-corrected chi connectivity index (χ0v) is 12.2. The SMILES string of the molecule is CCCNC(CCCc1ccccc1)c1cnsn1. The van der Waals surface area contributed by atoms with Crippen molar-refractivity contribution in [3.63, 3.8) is 0 Å². The maximum atomic E-state index is 4.36. The molecule has 1 atom stereocenters. The molecule has 0 aliphatic rings. The van der Waals surface area contributed by atoms with Gasteiger partial charge in [0.05, 0.1) is 29.7 Å². The van der Waals surface area contributed by atoms with E-state index in [1.165, 1.54) is 23.7 Å². The second-order valence-corrected chi connectivity index (χ2v) is 5.27. The lowest BCUT2D eigenvalue weighted by atomic mass is 10.0. The van der Waals surface area contributed by atoms with Crippen LogP contribution in [0.25, 0.3) is 0 Å². The van der Waals surface area contributed by atoms with E-state index >= 15 is 0 Å². The van der Waals surface area contributed by atoms with Gasteiger partial charge in [-0.05, 0) is 37.8 Å². The van der Waals surface area contributed by atoms with Crippen molar-refractivity contribution in [1.82, 2.24) is 14.1 Å². The predicted molar refractivity (Wildman–Crippen MR) is 80.3 cm³/mol. The Labute approximate surface area is 119 Å². The maximum absolute atomic E-state index is 4.36. The summed E-state index contributed by atoms with van der Waals surface area (Å²) in [6.45, 7) is 3.22. The van der Waals surface area contributed by atoms with E-state index in [0.717, 1.165) is 31.5 Å². The molecule has 0 aliphatic carbocycles. The molecule has 1 N–H and O–H groups in total. The van der Waals surface area contributed by atoms with E-state index in [1.54, 1.807) is 0 Å². The van der Waals surface area contributed by atoms with E-state index in [4.69, 9.17) is 0 Å². The van der Waals surface area contributed by atoms with Gasteiger partial charge in [0.25, 0.3) is 0 Å². The molecule has 3 nitrogen and oxygen atoms in total. The van der Waals surface area contributed by atoms with Crippen LogP contribution in [0.4, 0.5) is 0 Å². The molecule has 1 aromatic heterocycles. The van der Waals surface area contributed by atoms with E-state index in [0.29, 0.717) is 6.04 Å². The quantitative estimate of drug-likeness (QED) is 0.800. The summed E-state index contributed by atoms with van der Waals surface area (Å²) in [5, 5.41) is 3.56. The molecule has 19 heavy (non-hydrogen) atoms. The molecule has 1 unspecified atom stereocenters. The highest BCUT2D eigenvalue weighted by Crippen LogP contribution is 2.18. The number of hydrogen-bond donors (Lipinski definition) is 1. The van der Waals surface area contributed by atoms with E-state index in [1.807, 2.05) is 6.20 Å². The third kappa shape index (κ3) is 4.73. The number of hydrogen-bond acceptors (Lipinski definition) is 4. The topological polar surface area (TPSA) is 37.8 Å². The molecule has 2 aromatic rings. The summed E-state index contributed by atoms with van der Waals surface area (Å²) in [4.78, 5) is 0. The van der Waals surface area contributed by atoms with Crippen LogP contribution in [0.3, 0.4) is 0 Å². The van der Waals surface area contributed by atoms with Crippen LogP contribution in [0.5, 0.6) is 0 Å². The van der Waals surface area contributed by atoms with Crippen LogP contribution >= 0.6 is 11.7 Å². The Hall–Kier alpha value is -1.26. The third-order valence-corrected chi connectivity index (χ3v) is 3.67. The average molecular weight is 275 g/mol. The number of nitrogens with zero attached hydrogens (tertiary/aromatic N) is 2. The standard InChI is InChI=1S/C15H21N3S/c1-2-11-16-14(15-12-17-19-18-15)10-6-9-13-7-4-3-5-8-13/h3-5,7-8,12,14,16H,2,6,9-11H2,1H3. The van der Waals surface area contributed by atoms with Crippen LogP contribution in [0.1, 0.15) is 43.5 Å². The van der Waals surface area contributed by atoms with Crippen molar-refractivity contribution in [3.05, 3.63) is 47.8 Å². The minimum absolute atomic E-state index is 0.349. The first-order chi connectivity index (χ1) is 9.40. The lowest BCUT2D eigenvalue weighted by Gasteiger charge is -2.15. The first kappa shape index (κ1) is 14.2. The van der Waals surface area contributed by atoms with Crippen LogP contribution in [-0.2, 0) is 6.42 Å². The fourth-order valence-electron chi connectivity index (χ4n) is 2.15. The van der Waals surface area contributed by atoms with Gasteiger partial charge in [0.1, 0.15) is 0 Å². The van der Waals surface area contributed by atoms with Gasteiger partial charge in [-0.25, -0.2) is 0 Å². The molecule has 4 heteroatoms. The fourth-order valence-corrected chi connectivity index (χ4v) is 2.62. The van der Waals surface area contributed by atoms with Crippen molar-refractivity contribution in [3.8, 4) is 0 Å². The lowest BCUT2D eigenvalue weighted by molar-refractivity contribution is 0.477. The molecule has 0 fully saturated rings. The number of nitrogens with one attached hydrogen (secondary N) is 1. The minimum atomic E-state index is 0.349. The molecule has 0 bridgehead atoms. The zero-order chi connectivity index (χ0) is 13.3. The van der Waals surface area contributed by atoms with Crippen LogP contribution < -0.4 is 5.32 Å². The second-order valence-electron chi connectivity index (χ2n) is 4.72. The van der Waals surface area contributed by atoms with Crippen molar-refractivity contribution < 1.29 is 0 Å². The summed E-state index contributed by atoms with van der Waals surface area (Å²) in [5.74, 6) is 0. The Morgan fingerprint density at radius 3 is 2.79 bits per heavy atom. The highest BCUT2D eigenvalue weighted by molar-refractivity contribution is 6.99. The molecule has 0 saturated carbocycles. The molecule has 0 spiro atoms. The average Bonchev–Trinajstić information content (AvgIpc) is 2.98. The Kier molecular flexibility index (Phi) is 5.98. The summed E-state index contributed by atoms with van der Waals surface area (Å²) in [5.41, 5.74) is 2.50. The molecular weight excluding hydrogens is 254 g/mol. The highest BCUT2D eigenvalue weighted by Gasteiger charge is 2.12. The van der Waals surface area contributed by atoms with E-state index in [9.17, 15) is 0 Å². The van der Waals surface area contributed by atoms with Crippen molar-refractivity contribution in [2.24, 2.45) is 0 Å². The Morgan fingerprint density at radius 1 is 1.26 bits per heavy atom. The van der Waals surface area contributed by atoms with Crippen molar-refractivity contribution in [1.29, 1.82) is 0 Å². The largest absolute Gasteiger partial charge is 0.309 e. The monoisotopic (exact) mass is 275 g/mol. The van der Waals surface area contributed by atoms with Crippen molar-refractivity contribution in [2.75, 3.05) is 6.54 Å². The molecule has 0 amide bonds. The summed E-state index contributed by atoms with van der Waals surface area (Å²) < 4.78 is 8.47. The van der Waals surface area contributed by atoms with E-state index in [2.05, 4.69) is 51.3 Å². The number of benzene rings is 1. The van der Waals surface area contributed by atoms with Gasteiger partial charge >= 0.3 is 0 Å². The van der Waals surface area contributed by atoms with E-state index < -0.39 is 0 Å². The summed E-state index contributed by atoms with van der Waals surface area (Å²) in [6, 6.07) is 11.0. The minimum Gasteiger partial charge on any atom is -0.309 e. The van der Waals surface area contributed by atoms with E-state index in [-0.39, 0.29) is 0 Å². The summed E-state index contributed by atoms with van der Waals surface area (Å²) in [7, 11) is 0. The number of aryl methyl sites for hydroxylation is 1. The highest BCUT2D eigenvalue weighted by atomic mass is 32.1. The van der Waals surface area contributed by atoms with Gasteiger partial charge in [-0.2, -0.15) is 8.75 Å². The smallest absolute Gasteiger partial charge is 0.0912 e. The summed E-state index contributed by atoms with van der Waals surface area (Å²) >= 11 is 1.29. The third-order valence-electron chi connectivity index (χ3n) is 3.18. The molecule has 102 valence electrons. The molecule has 0 saturated heterocycles. The summed E-state index contributed by atoms with van der Waals surface area (Å²) in [6.07, 6.45) is 6.44. The van der Waals surface area contributed by atoms with Crippen molar-refractivity contribution >= 4 is 11.7 Å². The fraction of sp³-hybridized carbons (Fsp3) is 0.467. The van der Waals surface area contributed by atoms with Crippen LogP contribution in [0, 0.1) is 0 Å². The molecule has 0 radical (unpaired) electrons. The van der Waals surface area contributed by atoms with Gasteiger partial charge in [0.15, 0.2) is 0 Å². The van der Waals surface area contributed by atoms with Gasteiger partial charge in [-0.3, -0.25) is 0 Å². The number of rotatable bonds is 8.